The lowest BCUT2D eigenvalue weighted by atomic mass is 10.1. The molecule has 554 valence electrons. The van der Waals surface area contributed by atoms with Gasteiger partial charge in [0.15, 0.2) is 29.1 Å². The zero-order chi connectivity index (χ0) is 75.0. The van der Waals surface area contributed by atoms with Gasteiger partial charge in [-0.15, -0.1) is 0 Å². The summed E-state index contributed by atoms with van der Waals surface area (Å²) < 4.78 is 80.9. The average molecular weight is 1480 g/mol. The van der Waals surface area contributed by atoms with Crippen LogP contribution in [0.15, 0.2) is 138 Å². The Bertz CT molecular complexity index is 4840. The Morgan fingerprint density at radius 1 is 0.374 bits per heavy atom. The maximum Gasteiger partial charge on any atom is 0.223 e. The lowest BCUT2D eigenvalue weighted by Crippen LogP contribution is -2.13. The molecule has 7 aromatic heterocycles. The Labute approximate surface area is 615 Å². The molecule has 4 saturated carbocycles. The van der Waals surface area contributed by atoms with E-state index in [1.807, 2.05) is 39.0 Å². The third kappa shape index (κ3) is 20.2. The second-order valence-corrected chi connectivity index (χ2v) is 27.0. The van der Waals surface area contributed by atoms with E-state index in [0.717, 1.165) is 52.7 Å². The number of anilines is 15. The number of aromatic amines is 3. The zero-order valence-electron chi connectivity index (χ0n) is 58.4. The van der Waals surface area contributed by atoms with Crippen molar-refractivity contribution in [3.8, 4) is 0 Å². The van der Waals surface area contributed by atoms with E-state index >= 15 is 0 Å². The molecule has 5 aliphatic rings. The van der Waals surface area contributed by atoms with E-state index in [1.165, 1.54) is 99.4 Å². The standard InChI is InChI=1S/C19H21FN6.C18H19ClFN7.2C18H19F2N7/c1-11(12-4-6-15(20)7-5-12)23-17-9-18(26-19(21)25-17)24-16-8-14(10-22-16)13-2-3-13;1-9(11-4-5-13(20)12(19)6-11)22-15-8-16(25-18(21)24-15)23-17-7-14(26-27-17)10-2-3-10;1-9(11-4-5-12(19)13(20)6-11)22-15-8-16(25-18(21)24-15)23-17-7-14(26-27-17)10-2-3-10;1-9(17-11(19)3-2-4-12(17)20)22-14-8-15(25-18(21)24-14)23-16-7-13(26-27-16)10-5-6-10/h4-9,11,13H,2-3,10H2,1H3,(H4,21,22,23,24,25,26);2*4-10H,2-3H2,1H3,(H5,21,22,23,24,25,26,27);2-4,7-10H,5-6H2,1H3,(H5,21,22,23,24,25,26,27)/t11-;;;/m0.../s1. The monoisotopic (exact) mass is 1480 g/mol. The van der Waals surface area contributed by atoms with E-state index in [-0.39, 0.29) is 58.3 Å². The lowest BCUT2D eigenvalue weighted by Gasteiger charge is -2.17. The van der Waals surface area contributed by atoms with E-state index in [9.17, 15) is 26.3 Å². The maximum atomic E-state index is 14.0. The van der Waals surface area contributed by atoms with Gasteiger partial charge in [0.1, 0.15) is 75.6 Å². The van der Waals surface area contributed by atoms with Gasteiger partial charge in [0.2, 0.25) is 23.8 Å². The second kappa shape index (κ2) is 32.4. The SMILES string of the molecule is CC(Nc1cc(Nc2cc(C3CC3)[nH]n2)nc(N)n1)c1c(F)cccc1F.CC(Nc1cc(Nc2cc(C3CC3)[nH]n2)nc(N)n1)c1ccc(F)c(Cl)c1.CC(Nc1cc(Nc2cc(C3CC3)[nH]n2)nc(N)n1)c1ccc(F)c(F)c1.C[C@H](Nc1cc(NC2=NCC(C3CC3)=C2)nc(N)n1)c1ccc(F)cc1. The highest BCUT2D eigenvalue weighted by Gasteiger charge is 2.30. The van der Waals surface area contributed by atoms with Crippen LogP contribution < -0.4 is 65.5 Å². The van der Waals surface area contributed by atoms with Crippen molar-refractivity contribution < 1.29 is 26.3 Å². The topological polar surface area (TPSA) is 402 Å². The first kappa shape index (κ1) is 73.0. The van der Waals surface area contributed by atoms with Crippen LogP contribution in [0, 0.1) is 40.8 Å². The Morgan fingerprint density at radius 2 is 0.738 bits per heavy atom. The Balaban J connectivity index is 0.000000126. The molecule has 11 aromatic rings. The minimum atomic E-state index is -0.893. The summed E-state index contributed by atoms with van der Waals surface area (Å²) in [7, 11) is 0. The average Bonchev–Trinajstić information content (AvgIpc) is 1.64. The number of H-pyrrole nitrogens is 3. The molecule has 4 fully saturated rings. The van der Waals surface area contributed by atoms with Crippen LogP contribution in [0.3, 0.4) is 0 Å². The van der Waals surface area contributed by atoms with Gasteiger partial charge < -0.3 is 65.5 Å². The molecule has 3 unspecified atom stereocenters. The summed E-state index contributed by atoms with van der Waals surface area (Å²) in [5.41, 5.74) is 30.2. The van der Waals surface area contributed by atoms with Crippen LogP contribution in [0.4, 0.5) is 114 Å². The van der Waals surface area contributed by atoms with Crippen molar-refractivity contribution in [3.05, 3.63) is 212 Å². The van der Waals surface area contributed by atoms with E-state index < -0.39 is 35.1 Å². The largest absolute Gasteiger partial charge is 0.368 e. The Morgan fingerprint density at radius 3 is 1.14 bits per heavy atom. The number of halogens is 7. The molecule has 1 aliphatic heterocycles. The van der Waals surface area contributed by atoms with Gasteiger partial charge in [0, 0.05) is 94.9 Å². The van der Waals surface area contributed by atoms with Crippen molar-refractivity contribution in [2.24, 2.45) is 10.9 Å². The first-order valence-electron chi connectivity index (χ1n) is 34.7. The molecule has 19 N–H and O–H groups in total. The minimum absolute atomic E-state index is 0.0293. The van der Waals surface area contributed by atoms with Gasteiger partial charge in [-0.25, -0.2) is 26.3 Å². The fourth-order valence-corrected chi connectivity index (χ4v) is 11.8. The van der Waals surface area contributed by atoms with E-state index in [4.69, 9.17) is 34.5 Å². The van der Waals surface area contributed by atoms with Gasteiger partial charge >= 0.3 is 0 Å². The first-order valence-corrected chi connectivity index (χ1v) is 35.1. The molecule has 4 aliphatic carbocycles. The maximum absolute atomic E-state index is 14.0. The lowest BCUT2D eigenvalue weighted by molar-refractivity contribution is 0.506. The van der Waals surface area contributed by atoms with Gasteiger partial charge in [-0.1, -0.05) is 41.9 Å². The number of aliphatic imine (C=N–C) groups is 1. The van der Waals surface area contributed by atoms with Gasteiger partial charge in [-0.2, -0.15) is 55.2 Å². The number of nitrogen functional groups attached to an aromatic ring is 4. The van der Waals surface area contributed by atoms with Gasteiger partial charge in [-0.3, -0.25) is 20.3 Å². The molecule has 8 heterocycles. The smallest absolute Gasteiger partial charge is 0.223 e. The quantitative estimate of drug-likeness (QED) is 0.0264. The third-order valence-electron chi connectivity index (χ3n) is 17.8. The molecule has 0 radical (unpaired) electrons. The van der Waals surface area contributed by atoms with Crippen molar-refractivity contribution in [2.75, 3.05) is 72.0 Å². The third-order valence-corrected chi connectivity index (χ3v) is 18.1. The molecule has 34 heteroatoms. The van der Waals surface area contributed by atoms with Crippen LogP contribution in [0.5, 0.6) is 0 Å². The fourth-order valence-electron chi connectivity index (χ4n) is 11.6. The summed E-state index contributed by atoms with van der Waals surface area (Å²) in [6.07, 6.45) is 11.7. The highest BCUT2D eigenvalue weighted by atomic mass is 35.5. The summed E-state index contributed by atoms with van der Waals surface area (Å²) in [6, 6.07) is 30.0. The van der Waals surface area contributed by atoms with Crippen molar-refractivity contribution in [3.63, 3.8) is 0 Å². The summed E-state index contributed by atoms with van der Waals surface area (Å²) in [5, 5.41) is 46.9. The van der Waals surface area contributed by atoms with Crippen molar-refractivity contribution in [1.82, 2.24) is 70.5 Å². The van der Waals surface area contributed by atoms with Gasteiger partial charge in [0.25, 0.3) is 0 Å². The number of amidine groups is 1. The van der Waals surface area contributed by atoms with Gasteiger partial charge in [-0.05, 0) is 162 Å². The van der Waals surface area contributed by atoms with Crippen LogP contribution in [-0.2, 0) is 0 Å². The van der Waals surface area contributed by atoms with Crippen molar-refractivity contribution in [2.45, 2.75) is 121 Å². The number of hydrogen-bond donors (Lipinski definition) is 15. The van der Waals surface area contributed by atoms with E-state index in [1.54, 1.807) is 55.5 Å². The number of hydrogen-bond acceptors (Lipinski definition) is 24. The van der Waals surface area contributed by atoms with Crippen molar-refractivity contribution >= 4 is 105 Å². The molecular formula is C73H78ClF6N27. The molecule has 27 nitrogen and oxygen atoms in total. The Kier molecular flexibility index (Phi) is 22.1. The first-order chi connectivity index (χ1) is 51.5. The summed E-state index contributed by atoms with van der Waals surface area (Å²) >= 11 is 5.86. The van der Waals surface area contributed by atoms with Crippen LogP contribution in [0.25, 0.3) is 0 Å². The van der Waals surface area contributed by atoms with Crippen LogP contribution in [0.1, 0.15) is 160 Å². The molecule has 0 spiro atoms. The highest BCUT2D eigenvalue weighted by molar-refractivity contribution is 6.30. The van der Waals surface area contributed by atoms with Crippen molar-refractivity contribution in [1.29, 1.82) is 0 Å². The highest BCUT2D eigenvalue weighted by Crippen LogP contribution is 2.43. The Hall–Kier alpha value is -12.3. The normalized spacial score (nSPS) is 15.4. The number of benzene rings is 4. The second-order valence-electron chi connectivity index (χ2n) is 26.6. The van der Waals surface area contributed by atoms with E-state index in [0.29, 0.717) is 93.2 Å². The predicted molar refractivity (Wildman–Crippen MR) is 403 cm³/mol. The van der Waals surface area contributed by atoms with Crippen LogP contribution in [-0.4, -0.2) is 82.8 Å². The van der Waals surface area contributed by atoms with E-state index in [2.05, 4.69) is 124 Å². The zero-order valence-corrected chi connectivity index (χ0v) is 59.2. The number of nitrogens with zero attached hydrogens (tertiary/aromatic N) is 12. The number of aromatic nitrogens is 14. The van der Waals surface area contributed by atoms with Crippen LogP contribution >= 0.6 is 11.6 Å². The number of nitrogens with two attached hydrogens (primary N) is 4. The number of nitrogens with one attached hydrogen (secondary N) is 11. The molecule has 4 atom stereocenters. The molecule has 0 amide bonds. The molecule has 0 bridgehead atoms. The fraction of sp³-hybridized carbons (Fsp3) is 0.288. The van der Waals surface area contributed by atoms with Gasteiger partial charge in [0.05, 0.1) is 23.7 Å². The molecule has 16 rings (SSSR count). The predicted octanol–water partition coefficient (Wildman–Crippen LogP) is 15.6. The summed E-state index contributed by atoms with van der Waals surface area (Å²) in [5.74, 6) is 5.84. The van der Waals surface area contributed by atoms with Crippen LogP contribution in [0.2, 0.25) is 5.02 Å². The molecule has 4 aromatic carbocycles. The molecular weight excluding hydrogens is 1400 g/mol. The minimum Gasteiger partial charge on any atom is -0.368 e. The summed E-state index contributed by atoms with van der Waals surface area (Å²) in [4.78, 5) is 37.9. The summed E-state index contributed by atoms with van der Waals surface area (Å²) in [6.45, 7) is 8.12. The molecule has 0 saturated heterocycles. The number of rotatable bonds is 23. The molecule has 107 heavy (non-hydrogen) atoms.